The first kappa shape index (κ1) is 30.5. The van der Waals surface area contributed by atoms with Gasteiger partial charge in [-0.15, -0.1) is 10.2 Å². The first-order valence-electron chi connectivity index (χ1n) is 14.3. The predicted molar refractivity (Wildman–Crippen MR) is 309 cm³/mol. The molecular weight excluding hydrogens is 528 g/mol. The molecule has 354 valence electrons. The number of aryl methyl sites for hydroxylation is 2. The van der Waals surface area contributed by atoms with E-state index in [0.29, 0.717) is 34.5 Å². The first-order valence-corrected chi connectivity index (χ1v) is 14.3. The van der Waals surface area contributed by atoms with Crippen LogP contribution in [0.1, 0.15) is 193 Å². The lowest BCUT2D eigenvalue weighted by Gasteiger charge is -2.17. The van der Waals surface area contributed by atoms with Gasteiger partial charge in [-0.2, -0.15) is 0 Å². The van der Waals surface area contributed by atoms with E-state index in [4.69, 9.17) is 4.74 Å². The zero-order valence-electron chi connectivity index (χ0n) is 25.9. The Kier molecular flexibility index (Phi) is 8.85. The SMILES string of the molecule is COc1c(-c2cc(C(=O)O)ccc2C)ccc(C)c1N=Nc1c(C(C)C)[nH]n(-c2ccc(C(C)C)c(C(C)C)c2)c1=O.[HH].[HH].[HH].[HH].[HH].[HH].[HH].[HH].[HH].[HH].[HH].[HH].[HH].[HH].[HH].[HH].[HH].[HH].[HH].[HH].[HH].[HH].[HH].[HH].[HH].[HH].[HH].[HH].[HH].[HH].[HH].[HH].[HH].[HH].[HH].[HH].[HH].[HH].[HH].[HH].[HH].[HH].[HH].[HH].[HH].[HH].[HH].[HH].[HH].[HH].[HH].[HH].[HH].[HH].[HH].[HH].[HH].[HH].[HH].[HH].[HH].[HH].[HH].[HH].[HH].[HH].[HH]. The van der Waals surface area contributed by atoms with Crippen LogP contribution in [-0.2, 0) is 0 Å². The molecule has 0 atom stereocenters. The standard InChI is InChI=1S/C34H40N4O4.67H2/c1-18(2)25-15-13-24(17-27(25)19(3)4)38-33(39)31(29(37-38)20(5)6)36-35-30-22(8)11-14-26(32(30)42-9)28-16-23(34(40)41)12-10-21(28)7;;;;;;;;;;;;;;;;;;;;;;;;;;;;;;;;;;;;;;;;;;;;;;;;;;;;;;;;;;;;;;;;;;;/h10-20,37H,1-9H3,(H,40,41);67*1H. The Morgan fingerprint density at radius 1 is 0.833 bits per heavy atom. The quantitative estimate of drug-likeness (QED) is 0.169. The predicted octanol–water partition coefficient (Wildman–Crippen LogP) is 25.4. The molecule has 0 bridgehead atoms. The number of methoxy groups -OCH3 is 1. The molecule has 0 saturated carbocycles. The van der Waals surface area contributed by atoms with E-state index in [-0.39, 0.29) is 118 Å². The number of azo groups is 1. The Labute approximate surface area is 346 Å². The van der Waals surface area contributed by atoms with Crippen LogP contribution in [0.2, 0.25) is 0 Å². The molecule has 42 heavy (non-hydrogen) atoms. The topological polar surface area (TPSA) is 109 Å². The van der Waals surface area contributed by atoms with E-state index in [1.165, 1.54) is 11.1 Å². The summed E-state index contributed by atoms with van der Waals surface area (Å²) in [6.07, 6.45) is 0. The number of nitrogens with one attached hydrogen (secondary N) is 1. The molecule has 0 fully saturated rings. The maximum Gasteiger partial charge on any atom is 0.335 e. The van der Waals surface area contributed by atoms with E-state index in [9.17, 15) is 14.7 Å². The average Bonchev–Trinajstić information content (AvgIpc) is 3.28. The Bertz CT molecular complexity index is 1830. The molecule has 0 aliphatic heterocycles. The lowest BCUT2D eigenvalue weighted by Crippen LogP contribution is -2.15. The van der Waals surface area contributed by atoms with Gasteiger partial charge in [0.15, 0.2) is 11.4 Å². The highest BCUT2D eigenvalue weighted by Crippen LogP contribution is 2.42. The van der Waals surface area contributed by atoms with Crippen LogP contribution in [-0.4, -0.2) is 28.0 Å². The molecule has 0 saturated heterocycles. The van der Waals surface area contributed by atoms with Crippen LogP contribution in [0.25, 0.3) is 16.8 Å². The van der Waals surface area contributed by atoms with E-state index < -0.39 is 5.97 Å². The normalized spacial score (nSPS) is 11.8. The zero-order chi connectivity index (χ0) is 30.9. The summed E-state index contributed by atoms with van der Waals surface area (Å²) < 4.78 is 7.35. The highest BCUT2D eigenvalue weighted by atomic mass is 16.5. The maximum atomic E-state index is 13.8. The molecule has 0 amide bonds. The van der Waals surface area contributed by atoms with Crippen molar-refractivity contribution < 1.29 is 110 Å². The highest BCUT2D eigenvalue weighted by molar-refractivity contribution is 5.91. The molecule has 0 aliphatic carbocycles. The average molecular weight is 704 g/mol. The molecule has 3 aromatic carbocycles. The fourth-order valence-corrected chi connectivity index (χ4v) is 5.21. The van der Waals surface area contributed by atoms with Gasteiger partial charge in [-0.1, -0.05) is 65.8 Å². The number of H-pyrrole nitrogens is 1. The number of carboxylic acids is 1. The van der Waals surface area contributed by atoms with E-state index in [1.807, 2.05) is 45.9 Å². The number of benzene rings is 3. The molecule has 8 heteroatoms. The van der Waals surface area contributed by atoms with Crippen LogP contribution in [0.15, 0.2) is 63.6 Å². The Hall–Kier alpha value is -4.46. The molecule has 1 heterocycles. The summed E-state index contributed by atoms with van der Waals surface area (Å²) >= 11 is 0. The van der Waals surface area contributed by atoms with Gasteiger partial charge in [0.2, 0.25) is 0 Å². The number of nitrogens with zero attached hydrogens (tertiary/aromatic N) is 3. The van der Waals surface area contributed by atoms with Gasteiger partial charge in [0.1, 0.15) is 5.69 Å². The largest absolute Gasteiger partial charge is 0.494 e. The first-order chi connectivity index (χ1) is 19.8. The number of carbonyl (C=O) groups is 1. The van der Waals surface area contributed by atoms with E-state index >= 15 is 0 Å². The number of aromatic amines is 1. The molecule has 4 rings (SSSR count). The summed E-state index contributed by atoms with van der Waals surface area (Å²) in [5.74, 6) is 0.114. The summed E-state index contributed by atoms with van der Waals surface area (Å²) in [4.78, 5) is 25.4. The molecular formula is C34H174N4O4. The smallest absolute Gasteiger partial charge is 0.335 e. The molecule has 0 aliphatic rings. The number of carboxylic acid groups (broad SMARTS) is 1. The molecule has 0 spiro atoms. The summed E-state index contributed by atoms with van der Waals surface area (Å²) in [5, 5.41) is 21.9. The number of aromatic carboxylic acids is 1. The molecule has 4 aromatic rings. The van der Waals surface area contributed by atoms with Gasteiger partial charge >= 0.3 is 5.97 Å². The second kappa shape index (κ2) is 12.2. The van der Waals surface area contributed by atoms with Gasteiger partial charge in [0.05, 0.1) is 24.1 Å². The van der Waals surface area contributed by atoms with Crippen molar-refractivity contribution in [2.24, 2.45) is 10.2 Å². The zero-order valence-corrected chi connectivity index (χ0v) is 25.9. The van der Waals surface area contributed by atoms with E-state index in [0.717, 1.165) is 22.4 Å². The van der Waals surface area contributed by atoms with Crippen LogP contribution in [0.3, 0.4) is 0 Å². The number of hydrogen-bond acceptors (Lipinski definition) is 5. The van der Waals surface area contributed by atoms with Crippen molar-refractivity contribution in [2.45, 2.75) is 73.1 Å². The second-order valence-corrected chi connectivity index (χ2v) is 11.6. The summed E-state index contributed by atoms with van der Waals surface area (Å²) in [6, 6.07) is 14.9. The van der Waals surface area contributed by atoms with Crippen LogP contribution in [0.5, 0.6) is 5.75 Å². The summed E-state index contributed by atoms with van der Waals surface area (Å²) in [6.45, 7) is 16.5. The van der Waals surface area contributed by atoms with Crippen LogP contribution in [0, 0.1) is 13.8 Å². The minimum atomic E-state index is -1.01. The Morgan fingerprint density at radius 3 is 2.07 bits per heavy atom. The number of hydrogen-bond donors (Lipinski definition) is 2. The van der Waals surface area contributed by atoms with Gasteiger partial charge < -0.3 is 9.84 Å². The van der Waals surface area contributed by atoms with Crippen molar-refractivity contribution in [3.05, 3.63) is 92.4 Å². The lowest BCUT2D eigenvalue weighted by molar-refractivity contribution is 0.0697. The van der Waals surface area contributed by atoms with Crippen molar-refractivity contribution in [3.8, 4) is 22.6 Å². The molecule has 8 nitrogen and oxygen atoms in total. The van der Waals surface area contributed by atoms with Gasteiger partial charge in [-0.25, -0.2) is 9.48 Å². The Morgan fingerprint density at radius 2 is 1.48 bits per heavy atom. The minimum Gasteiger partial charge on any atom is -0.494 e. The van der Waals surface area contributed by atoms with Crippen LogP contribution in [0.4, 0.5) is 11.4 Å². The Balaban J connectivity index is -0.00000000487. The van der Waals surface area contributed by atoms with Gasteiger partial charge in [-0.3, -0.25) is 9.89 Å². The van der Waals surface area contributed by atoms with Crippen molar-refractivity contribution in [3.63, 3.8) is 0 Å². The van der Waals surface area contributed by atoms with Crippen molar-refractivity contribution >= 4 is 17.3 Å². The minimum absolute atomic E-state index is 0. The lowest BCUT2D eigenvalue weighted by atomic mass is 9.90. The number of rotatable bonds is 9. The second-order valence-electron chi connectivity index (χ2n) is 11.6. The molecule has 0 radical (unpaired) electrons. The maximum absolute atomic E-state index is 13.8. The van der Waals surface area contributed by atoms with Crippen LogP contribution < -0.4 is 10.3 Å². The highest BCUT2D eigenvalue weighted by Gasteiger charge is 2.21. The fraction of sp³-hybridized carbons (Fsp3) is 0.353. The monoisotopic (exact) mass is 703 g/mol. The van der Waals surface area contributed by atoms with Crippen molar-refractivity contribution in [2.75, 3.05) is 7.11 Å². The van der Waals surface area contributed by atoms with E-state index in [2.05, 4.69) is 55.2 Å². The van der Waals surface area contributed by atoms with Gasteiger partial charge in [0, 0.05) is 101 Å². The van der Waals surface area contributed by atoms with Gasteiger partial charge in [0.25, 0.3) is 5.56 Å². The van der Waals surface area contributed by atoms with Crippen molar-refractivity contribution in [1.29, 1.82) is 0 Å². The number of aromatic nitrogens is 2. The third-order valence-electron chi connectivity index (χ3n) is 7.61. The third-order valence-corrected chi connectivity index (χ3v) is 7.61. The van der Waals surface area contributed by atoms with Gasteiger partial charge in [-0.05, 0) is 83.7 Å². The molecule has 2 N–H and O–H groups in total. The fourth-order valence-electron chi connectivity index (χ4n) is 5.21. The van der Waals surface area contributed by atoms with E-state index in [1.54, 1.807) is 30.0 Å². The number of ether oxygens (including phenoxy) is 1. The third kappa shape index (κ3) is 5.79. The molecule has 1 aromatic heterocycles. The summed E-state index contributed by atoms with van der Waals surface area (Å²) in [7, 11) is 1.55. The summed E-state index contributed by atoms with van der Waals surface area (Å²) in [5.41, 5.74) is 7.62. The van der Waals surface area contributed by atoms with Crippen LogP contribution >= 0.6 is 0 Å². The molecule has 0 unspecified atom stereocenters. The van der Waals surface area contributed by atoms with Crippen molar-refractivity contribution in [1.82, 2.24) is 9.78 Å².